The number of rotatable bonds is 4. The molecule has 1 heterocycles. The molecule has 0 fully saturated rings. The quantitative estimate of drug-likeness (QED) is 0.675. The molecule has 19 heavy (non-hydrogen) atoms. The second-order valence-corrected chi connectivity index (χ2v) is 4.15. The summed E-state index contributed by atoms with van der Waals surface area (Å²) < 4.78 is 5.27. The monoisotopic (exact) mass is 256 g/mol. The van der Waals surface area contributed by atoms with Crippen LogP contribution in [0.15, 0.2) is 52.2 Å². The highest BCUT2D eigenvalue weighted by molar-refractivity contribution is 6.00. The lowest BCUT2D eigenvalue weighted by atomic mass is 10.1. The standard InChI is InChI=1S/C15H16N2O2/c1-3-13(14-9-6-10-19-14)16-17-15(18)12-8-5-4-7-11(12)2/h4-10H,3H2,1-2H3,(H,17,18)/b16-13+. The molecule has 0 saturated carbocycles. The van der Waals surface area contributed by atoms with Crippen LogP contribution >= 0.6 is 0 Å². The van der Waals surface area contributed by atoms with E-state index in [1.165, 1.54) is 0 Å². The van der Waals surface area contributed by atoms with Gasteiger partial charge in [0, 0.05) is 5.56 Å². The van der Waals surface area contributed by atoms with Gasteiger partial charge in [0.05, 0.1) is 6.26 Å². The van der Waals surface area contributed by atoms with E-state index in [0.29, 0.717) is 23.5 Å². The molecule has 0 aliphatic rings. The fraction of sp³-hybridized carbons (Fsp3) is 0.200. The molecule has 0 aliphatic carbocycles. The van der Waals surface area contributed by atoms with Gasteiger partial charge in [-0.25, -0.2) is 5.43 Å². The normalized spacial score (nSPS) is 11.4. The Bertz CT molecular complexity index is 586. The third kappa shape index (κ3) is 3.10. The van der Waals surface area contributed by atoms with Gasteiger partial charge in [0.25, 0.3) is 5.91 Å². The van der Waals surface area contributed by atoms with Gasteiger partial charge in [0.15, 0.2) is 0 Å². The van der Waals surface area contributed by atoms with Crippen molar-refractivity contribution in [1.29, 1.82) is 0 Å². The number of nitrogens with zero attached hydrogens (tertiary/aromatic N) is 1. The van der Waals surface area contributed by atoms with Crippen molar-refractivity contribution in [3.63, 3.8) is 0 Å². The fourth-order valence-corrected chi connectivity index (χ4v) is 1.76. The molecular formula is C15H16N2O2. The van der Waals surface area contributed by atoms with Crippen molar-refractivity contribution in [2.24, 2.45) is 5.10 Å². The summed E-state index contributed by atoms with van der Waals surface area (Å²) in [6.45, 7) is 3.85. The lowest BCUT2D eigenvalue weighted by Gasteiger charge is -2.05. The number of aryl methyl sites for hydroxylation is 1. The minimum Gasteiger partial charge on any atom is -0.463 e. The van der Waals surface area contributed by atoms with Crippen LogP contribution in [-0.2, 0) is 0 Å². The molecule has 1 aromatic carbocycles. The van der Waals surface area contributed by atoms with Crippen LogP contribution < -0.4 is 5.43 Å². The van der Waals surface area contributed by atoms with Crippen molar-refractivity contribution in [3.8, 4) is 0 Å². The van der Waals surface area contributed by atoms with Crippen molar-refractivity contribution in [2.75, 3.05) is 0 Å². The molecule has 0 bridgehead atoms. The molecule has 0 spiro atoms. The summed E-state index contributed by atoms with van der Waals surface area (Å²) in [6.07, 6.45) is 2.27. The average molecular weight is 256 g/mol. The van der Waals surface area contributed by atoms with Crippen molar-refractivity contribution in [1.82, 2.24) is 5.43 Å². The first-order chi connectivity index (χ1) is 9.22. The second-order valence-electron chi connectivity index (χ2n) is 4.15. The molecule has 0 unspecified atom stereocenters. The van der Waals surface area contributed by atoms with E-state index in [4.69, 9.17) is 4.42 Å². The van der Waals surface area contributed by atoms with Gasteiger partial charge in [-0.15, -0.1) is 0 Å². The van der Waals surface area contributed by atoms with Crippen LogP contribution in [0.1, 0.15) is 35.0 Å². The van der Waals surface area contributed by atoms with Crippen molar-refractivity contribution in [3.05, 3.63) is 59.5 Å². The molecule has 0 radical (unpaired) electrons. The highest BCUT2D eigenvalue weighted by Gasteiger charge is 2.09. The lowest BCUT2D eigenvalue weighted by molar-refractivity contribution is 0.0954. The molecule has 98 valence electrons. The Labute approximate surface area is 112 Å². The smallest absolute Gasteiger partial charge is 0.271 e. The van der Waals surface area contributed by atoms with Gasteiger partial charge >= 0.3 is 0 Å². The summed E-state index contributed by atoms with van der Waals surface area (Å²) in [7, 11) is 0. The fourth-order valence-electron chi connectivity index (χ4n) is 1.76. The first-order valence-corrected chi connectivity index (χ1v) is 6.18. The van der Waals surface area contributed by atoms with Gasteiger partial charge in [0.1, 0.15) is 11.5 Å². The summed E-state index contributed by atoms with van der Waals surface area (Å²) in [5.74, 6) is 0.461. The molecule has 0 aliphatic heterocycles. The number of carbonyl (C=O) groups excluding carboxylic acids is 1. The molecule has 2 aromatic rings. The molecule has 2 rings (SSSR count). The first-order valence-electron chi connectivity index (χ1n) is 6.18. The predicted octanol–water partition coefficient (Wildman–Crippen LogP) is 3.13. The van der Waals surface area contributed by atoms with Gasteiger partial charge in [-0.3, -0.25) is 4.79 Å². The van der Waals surface area contributed by atoms with Crippen molar-refractivity contribution in [2.45, 2.75) is 20.3 Å². The number of hydrogen-bond donors (Lipinski definition) is 1. The summed E-state index contributed by atoms with van der Waals surface area (Å²) in [4.78, 5) is 12.0. The highest BCUT2D eigenvalue weighted by Crippen LogP contribution is 2.08. The maximum absolute atomic E-state index is 12.0. The minimum atomic E-state index is -0.212. The van der Waals surface area contributed by atoms with Crippen LogP contribution in [0.5, 0.6) is 0 Å². The second kappa shape index (κ2) is 6.00. The van der Waals surface area contributed by atoms with E-state index < -0.39 is 0 Å². The number of hydrazone groups is 1. The maximum Gasteiger partial charge on any atom is 0.271 e. The topological polar surface area (TPSA) is 54.6 Å². The van der Waals surface area contributed by atoms with Crippen LogP contribution in [0, 0.1) is 6.92 Å². The molecular weight excluding hydrogens is 240 g/mol. The zero-order chi connectivity index (χ0) is 13.7. The van der Waals surface area contributed by atoms with E-state index in [1.807, 2.05) is 38.1 Å². The lowest BCUT2D eigenvalue weighted by Crippen LogP contribution is -2.20. The van der Waals surface area contributed by atoms with Gasteiger partial charge in [-0.2, -0.15) is 5.10 Å². The van der Waals surface area contributed by atoms with Crippen molar-refractivity contribution < 1.29 is 9.21 Å². The Morgan fingerprint density at radius 3 is 2.68 bits per heavy atom. The highest BCUT2D eigenvalue weighted by atomic mass is 16.3. The molecule has 0 saturated heterocycles. The maximum atomic E-state index is 12.0. The van der Waals surface area contributed by atoms with Gasteiger partial charge in [-0.05, 0) is 37.1 Å². The number of hydrogen-bond acceptors (Lipinski definition) is 3. The number of carbonyl (C=O) groups is 1. The molecule has 4 heteroatoms. The van der Waals surface area contributed by atoms with Gasteiger partial charge < -0.3 is 4.42 Å². The van der Waals surface area contributed by atoms with Gasteiger partial charge in [-0.1, -0.05) is 25.1 Å². The largest absolute Gasteiger partial charge is 0.463 e. The van der Waals surface area contributed by atoms with E-state index in [2.05, 4.69) is 10.5 Å². The Morgan fingerprint density at radius 2 is 2.05 bits per heavy atom. The first kappa shape index (κ1) is 13.1. The van der Waals surface area contributed by atoms with E-state index >= 15 is 0 Å². The minimum absolute atomic E-state index is 0.212. The summed E-state index contributed by atoms with van der Waals surface area (Å²) in [5, 5.41) is 4.13. The van der Waals surface area contributed by atoms with Crippen LogP contribution in [-0.4, -0.2) is 11.6 Å². The third-order valence-corrected chi connectivity index (χ3v) is 2.82. The Hall–Kier alpha value is -2.36. The molecule has 0 atom stereocenters. The number of furan rings is 1. The van der Waals surface area contributed by atoms with E-state index in [-0.39, 0.29) is 5.91 Å². The number of benzene rings is 1. The number of amides is 1. The van der Waals surface area contributed by atoms with E-state index in [1.54, 1.807) is 18.4 Å². The molecule has 4 nitrogen and oxygen atoms in total. The molecule has 1 aromatic heterocycles. The summed E-state index contributed by atoms with van der Waals surface area (Å²) in [5.41, 5.74) is 4.83. The summed E-state index contributed by atoms with van der Waals surface area (Å²) >= 11 is 0. The molecule has 1 amide bonds. The Morgan fingerprint density at radius 1 is 1.26 bits per heavy atom. The van der Waals surface area contributed by atoms with Crippen LogP contribution in [0.3, 0.4) is 0 Å². The van der Waals surface area contributed by atoms with Crippen molar-refractivity contribution >= 4 is 11.6 Å². The summed E-state index contributed by atoms with van der Waals surface area (Å²) in [6, 6.07) is 11.0. The number of nitrogens with one attached hydrogen (secondary N) is 1. The predicted molar refractivity (Wildman–Crippen MR) is 74.2 cm³/mol. The average Bonchev–Trinajstić information content (AvgIpc) is 2.94. The zero-order valence-corrected chi connectivity index (χ0v) is 11.0. The van der Waals surface area contributed by atoms with Gasteiger partial charge in [0.2, 0.25) is 0 Å². The third-order valence-electron chi connectivity index (χ3n) is 2.82. The SMILES string of the molecule is CC/C(=N\NC(=O)c1ccccc1C)c1ccco1. The van der Waals surface area contributed by atoms with E-state index in [0.717, 1.165) is 5.56 Å². The Balaban J connectivity index is 2.13. The van der Waals surface area contributed by atoms with Crippen LogP contribution in [0.2, 0.25) is 0 Å². The molecule has 1 N–H and O–H groups in total. The van der Waals surface area contributed by atoms with Crippen LogP contribution in [0.25, 0.3) is 0 Å². The van der Waals surface area contributed by atoms with E-state index in [9.17, 15) is 4.79 Å². The zero-order valence-electron chi connectivity index (χ0n) is 11.0. The van der Waals surface area contributed by atoms with Crippen LogP contribution in [0.4, 0.5) is 0 Å². The Kier molecular flexibility index (Phi) is 4.13.